The molecule has 0 saturated carbocycles. The minimum absolute atomic E-state index is 0.306. The first-order valence-corrected chi connectivity index (χ1v) is 9.43. The molecular formula is C20H27N5O3. The highest BCUT2D eigenvalue weighted by molar-refractivity contribution is 5.88. The summed E-state index contributed by atoms with van der Waals surface area (Å²) in [5.74, 6) is 2.50. The topological polar surface area (TPSA) is 97.3 Å². The number of imidazole rings is 1. The number of aromatic nitrogens is 4. The van der Waals surface area contributed by atoms with E-state index in [2.05, 4.69) is 21.7 Å². The van der Waals surface area contributed by atoms with Gasteiger partial charge in [-0.2, -0.15) is 0 Å². The largest absolute Gasteiger partial charge is 0.497 e. The fourth-order valence-corrected chi connectivity index (χ4v) is 3.02. The van der Waals surface area contributed by atoms with Crippen molar-refractivity contribution >= 4 is 16.9 Å². The highest BCUT2D eigenvalue weighted by atomic mass is 16.5. The van der Waals surface area contributed by atoms with E-state index < -0.39 is 0 Å². The minimum atomic E-state index is 0.306. The van der Waals surface area contributed by atoms with E-state index in [9.17, 15) is 0 Å². The molecule has 2 heterocycles. The Labute approximate surface area is 164 Å². The van der Waals surface area contributed by atoms with Gasteiger partial charge in [0.1, 0.15) is 29.2 Å². The number of fused-ring (bicyclic) bond motifs is 1. The minimum Gasteiger partial charge on any atom is -0.497 e. The number of benzene rings is 1. The summed E-state index contributed by atoms with van der Waals surface area (Å²) in [6.45, 7) is 3.63. The molecule has 0 fully saturated rings. The fraction of sp³-hybridized carbons (Fsp3) is 0.450. The van der Waals surface area contributed by atoms with Crippen molar-refractivity contribution < 1.29 is 14.2 Å². The van der Waals surface area contributed by atoms with Crippen molar-refractivity contribution in [3.05, 3.63) is 35.7 Å². The molecule has 0 unspecified atom stereocenters. The van der Waals surface area contributed by atoms with E-state index >= 15 is 0 Å². The summed E-state index contributed by atoms with van der Waals surface area (Å²) < 4.78 is 18.3. The lowest BCUT2D eigenvalue weighted by atomic mass is 10.2. The van der Waals surface area contributed by atoms with Crippen molar-refractivity contribution in [3.8, 4) is 11.6 Å². The van der Waals surface area contributed by atoms with E-state index in [4.69, 9.17) is 24.9 Å². The molecule has 0 radical (unpaired) electrons. The van der Waals surface area contributed by atoms with Crippen LogP contribution in [0.3, 0.4) is 0 Å². The van der Waals surface area contributed by atoms with Gasteiger partial charge in [0.15, 0.2) is 5.82 Å². The Morgan fingerprint density at radius 2 is 1.86 bits per heavy atom. The molecule has 3 rings (SSSR count). The van der Waals surface area contributed by atoms with Crippen LogP contribution in [-0.4, -0.2) is 47.2 Å². The number of rotatable bonds is 10. The molecule has 2 aromatic heterocycles. The zero-order chi connectivity index (χ0) is 19.9. The molecule has 1 aromatic carbocycles. The van der Waals surface area contributed by atoms with E-state index in [0.29, 0.717) is 37.0 Å². The highest BCUT2D eigenvalue weighted by Gasteiger charge is 2.20. The van der Waals surface area contributed by atoms with Gasteiger partial charge < -0.3 is 24.5 Å². The van der Waals surface area contributed by atoms with Crippen molar-refractivity contribution in [1.29, 1.82) is 0 Å². The molecule has 0 amide bonds. The summed E-state index contributed by atoms with van der Waals surface area (Å²) in [6, 6.07) is 7.98. The molecular weight excluding hydrogens is 358 g/mol. The van der Waals surface area contributed by atoms with Crippen molar-refractivity contribution in [2.75, 3.05) is 33.2 Å². The Morgan fingerprint density at radius 3 is 2.54 bits per heavy atom. The Morgan fingerprint density at radius 1 is 1.07 bits per heavy atom. The van der Waals surface area contributed by atoms with Gasteiger partial charge in [0.25, 0.3) is 5.88 Å². The summed E-state index contributed by atoms with van der Waals surface area (Å²) in [4.78, 5) is 4.77. The number of ether oxygens (including phenoxy) is 3. The summed E-state index contributed by atoms with van der Waals surface area (Å²) in [7, 11) is 3.29. The smallest absolute Gasteiger partial charge is 0.260 e. The molecule has 0 bridgehead atoms. The maximum Gasteiger partial charge on any atom is 0.260 e. The van der Waals surface area contributed by atoms with Crippen LogP contribution in [0.1, 0.15) is 31.2 Å². The highest BCUT2D eigenvalue weighted by Crippen LogP contribution is 2.29. The number of unbranched alkanes of at least 4 members (excludes halogenated alkanes) is 1. The monoisotopic (exact) mass is 385 g/mol. The Balaban J connectivity index is 2.05. The lowest BCUT2D eigenvalue weighted by Gasteiger charge is -2.12. The number of methoxy groups -OCH3 is 2. The van der Waals surface area contributed by atoms with Crippen LogP contribution in [-0.2, 0) is 17.7 Å². The van der Waals surface area contributed by atoms with Crippen LogP contribution in [0.2, 0.25) is 0 Å². The van der Waals surface area contributed by atoms with Crippen LogP contribution in [0.5, 0.6) is 11.6 Å². The second kappa shape index (κ2) is 9.36. The predicted octanol–water partition coefficient (Wildman–Crippen LogP) is 2.83. The summed E-state index contributed by atoms with van der Waals surface area (Å²) in [5, 5.41) is 8.19. The van der Waals surface area contributed by atoms with E-state index in [0.717, 1.165) is 41.9 Å². The second-order valence-electron chi connectivity index (χ2n) is 6.49. The van der Waals surface area contributed by atoms with E-state index in [-0.39, 0.29) is 0 Å². The number of nitrogens with zero attached hydrogens (tertiary/aromatic N) is 4. The molecule has 0 aliphatic rings. The van der Waals surface area contributed by atoms with Gasteiger partial charge in [-0.05, 0) is 24.1 Å². The molecule has 2 N–H and O–H groups in total. The van der Waals surface area contributed by atoms with Gasteiger partial charge in [-0.25, -0.2) is 4.98 Å². The van der Waals surface area contributed by atoms with Gasteiger partial charge in [-0.15, -0.1) is 10.2 Å². The number of anilines is 1. The standard InChI is InChI=1S/C20H27N5O3/c1-4-5-6-16-22-17-18(20(24-23-19(17)21)28-12-11-26-2)25(16)13-14-7-9-15(27-3)10-8-14/h7-10H,4-6,11-13H2,1-3H3,(H2,21,23). The van der Waals surface area contributed by atoms with Crippen LogP contribution in [0.25, 0.3) is 11.0 Å². The molecule has 0 saturated heterocycles. The molecule has 150 valence electrons. The van der Waals surface area contributed by atoms with Crippen LogP contribution >= 0.6 is 0 Å². The average molecular weight is 385 g/mol. The third-order valence-corrected chi connectivity index (χ3v) is 4.52. The van der Waals surface area contributed by atoms with E-state index in [1.54, 1.807) is 14.2 Å². The normalized spacial score (nSPS) is 11.1. The average Bonchev–Trinajstić information content (AvgIpc) is 3.08. The molecule has 3 aromatic rings. The lowest BCUT2D eigenvalue weighted by Crippen LogP contribution is -2.10. The molecule has 28 heavy (non-hydrogen) atoms. The molecule has 0 spiro atoms. The summed E-state index contributed by atoms with van der Waals surface area (Å²) in [6.07, 6.45) is 2.96. The maximum atomic E-state index is 6.08. The maximum absolute atomic E-state index is 6.08. The lowest BCUT2D eigenvalue weighted by molar-refractivity contribution is 0.144. The molecule has 0 atom stereocenters. The van der Waals surface area contributed by atoms with Crippen LogP contribution in [0.4, 0.5) is 5.82 Å². The van der Waals surface area contributed by atoms with E-state index in [1.807, 2.05) is 24.3 Å². The number of hydrogen-bond donors (Lipinski definition) is 1. The zero-order valence-corrected chi connectivity index (χ0v) is 16.6. The first kappa shape index (κ1) is 19.9. The fourth-order valence-electron chi connectivity index (χ4n) is 3.02. The van der Waals surface area contributed by atoms with Crippen molar-refractivity contribution in [2.45, 2.75) is 32.7 Å². The van der Waals surface area contributed by atoms with E-state index in [1.165, 1.54) is 0 Å². The van der Waals surface area contributed by atoms with Crippen molar-refractivity contribution in [1.82, 2.24) is 19.7 Å². The van der Waals surface area contributed by atoms with Gasteiger partial charge >= 0.3 is 0 Å². The van der Waals surface area contributed by atoms with Crippen molar-refractivity contribution in [3.63, 3.8) is 0 Å². The molecule has 8 nitrogen and oxygen atoms in total. The van der Waals surface area contributed by atoms with Gasteiger partial charge in [-0.1, -0.05) is 25.5 Å². The van der Waals surface area contributed by atoms with Gasteiger partial charge in [0, 0.05) is 20.1 Å². The quantitative estimate of drug-likeness (QED) is 0.536. The predicted molar refractivity (Wildman–Crippen MR) is 108 cm³/mol. The van der Waals surface area contributed by atoms with Gasteiger partial charge in [-0.3, -0.25) is 0 Å². The van der Waals surface area contributed by atoms with Crippen molar-refractivity contribution in [2.24, 2.45) is 0 Å². The first-order valence-electron chi connectivity index (χ1n) is 9.43. The number of hydrogen-bond acceptors (Lipinski definition) is 7. The van der Waals surface area contributed by atoms with Crippen LogP contribution in [0.15, 0.2) is 24.3 Å². The molecule has 8 heteroatoms. The van der Waals surface area contributed by atoms with Crippen LogP contribution < -0.4 is 15.2 Å². The SMILES string of the molecule is CCCCc1nc2c(N)nnc(OCCOC)c2n1Cc1ccc(OC)cc1. The third-order valence-electron chi connectivity index (χ3n) is 4.52. The molecule has 0 aliphatic heterocycles. The Hall–Kier alpha value is -2.87. The second-order valence-corrected chi connectivity index (χ2v) is 6.49. The van der Waals surface area contributed by atoms with Gasteiger partial charge in [0.2, 0.25) is 0 Å². The molecule has 0 aliphatic carbocycles. The zero-order valence-electron chi connectivity index (χ0n) is 16.6. The number of nitrogen functional groups attached to an aromatic ring is 1. The summed E-state index contributed by atoms with van der Waals surface area (Å²) >= 11 is 0. The Bertz CT molecular complexity index is 908. The first-order chi connectivity index (χ1) is 13.7. The third kappa shape index (κ3) is 4.33. The Kier molecular flexibility index (Phi) is 6.65. The summed E-state index contributed by atoms with van der Waals surface area (Å²) in [5.41, 5.74) is 8.59. The van der Waals surface area contributed by atoms with Gasteiger partial charge in [0.05, 0.1) is 13.7 Å². The number of nitrogens with two attached hydrogens (primary N) is 1. The number of aryl methyl sites for hydroxylation is 1. The van der Waals surface area contributed by atoms with Crippen LogP contribution in [0, 0.1) is 0 Å².